The van der Waals surface area contributed by atoms with E-state index in [-0.39, 0.29) is 22.0 Å². The van der Waals surface area contributed by atoms with Crippen molar-refractivity contribution in [3.63, 3.8) is 0 Å². The van der Waals surface area contributed by atoms with Gasteiger partial charge in [-0.25, -0.2) is 8.42 Å². The van der Waals surface area contributed by atoms with Gasteiger partial charge in [-0.05, 0) is 12.5 Å². The molecule has 1 aromatic carbocycles. The van der Waals surface area contributed by atoms with Crippen LogP contribution in [0.3, 0.4) is 0 Å². The van der Waals surface area contributed by atoms with Crippen molar-refractivity contribution < 1.29 is 13.3 Å². The molecule has 1 aromatic rings. The Kier molecular flexibility index (Phi) is 5.28. The maximum atomic E-state index is 11.9. The Labute approximate surface area is 116 Å². The molecule has 19 heavy (non-hydrogen) atoms. The maximum Gasteiger partial charge on any atom is 0.275 e. The Bertz CT molecular complexity index is 574. The molecule has 1 atom stereocenters. The highest BCUT2D eigenvalue weighted by Gasteiger charge is 2.24. The number of sulfone groups is 1. The average Bonchev–Trinajstić information content (AvgIpc) is 2.30. The van der Waals surface area contributed by atoms with E-state index in [0.717, 1.165) is 0 Å². The molecule has 0 fully saturated rings. The summed E-state index contributed by atoms with van der Waals surface area (Å²) in [6, 6.07) is 3.59. The third-order valence-corrected chi connectivity index (χ3v) is 4.67. The Morgan fingerprint density at radius 2 is 2.11 bits per heavy atom. The third kappa shape index (κ3) is 4.45. The molecular formula is C11H15ClN2O4S. The number of nitrogens with zero attached hydrogens (tertiary/aromatic N) is 1. The molecule has 2 N–H and O–H groups in total. The zero-order valence-electron chi connectivity index (χ0n) is 10.4. The minimum absolute atomic E-state index is 0.0115. The number of rotatable bonds is 6. The second-order valence-corrected chi connectivity index (χ2v) is 6.73. The van der Waals surface area contributed by atoms with Crippen molar-refractivity contribution in [1.29, 1.82) is 0 Å². The average molecular weight is 307 g/mol. The molecule has 0 amide bonds. The third-order valence-electron chi connectivity index (χ3n) is 2.65. The first-order valence-corrected chi connectivity index (χ1v) is 7.84. The van der Waals surface area contributed by atoms with Gasteiger partial charge in [0.2, 0.25) is 0 Å². The van der Waals surface area contributed by atoms with Gasteiger partial charge in [-0.3, -0.25) is 10.1 Å². The van der Waals surface area contributed by atoms with Crippen LogP contribution in [0.5, 0.6) is 0 Å². The Morgan fingerprint density at radius 1 is 1.47 bits per heavy atom. The van der Waals surface area contributed by atoms with Gasteiger partial charge in [-0.2, -0.15) is 0 Å². The fourth-order valence-electron chi connectivity index (χ4n) is 1.58. The second kappa shape index (κ2) is 6.31. The monoisotopic (exact) mass is 306 g/mol. The molecule has 0 aliphatic rings. The maximum absolute atomic E-state index is 11.9. The van der Waals surface area contributed by atoms with E-state index < -0.39 is 26.6 Å². The van der Waals surface area contributed by atoms with E-state index in [1.807, 2.05) is 0 Å². The molecule has 0 aliphatic heterocycles. The lowest BCUT2D eigenvalue weighted by Gasteiger charge is -2.10. The van der Waals surface area contributed by atoms with Crippen LogP contribution in [0.25, 0.3) is 0 Å². The zero-order valence-corrected chi connectivity index (χ0v) is 11.9. The molecule has 1 unspecified atom stereocenters. The lowest BCUT2D eigenvalue weighted by Crippen LogP contribution is -2.29. The molecule has 0 spiro atoms. The standard InChI is InChI=1S/C11H15ClN2O4S/c1-2-8(13)6-19(17,18)7-9-10(12)4-3-5-11(9)14(15)16/h3-5,8H,2,6-7,13H2,1H3. The molecule has 1 rings (SSSR count). The van der Waals surface area contributed by atoms with E-state index in [4.69, 9.17) is 17.3 Å². The number of hydrogen-bond acceptors (Lipinski definition) is 5. The number of nitrogens with two attached hydrogens (primary N) is 1. The van der Waals surface area contributed by atoms with Crippen molar-refractivity contribution in [2.45, 2.75) is 25.1 Å². The predicted octanol–water partition coefficient (Wildman–Crippen LogP) is 1.90. The molecule has 0 radical (unpaired) electrons. The minimum atomic E-state index is -3.54. The minimum Gasteiger partial charge on any atom is -0.327 e. The molecule has 8 heteroatoms. The Hall–Kier alpha value is -1.18. The highest BCUT2D eigenvalue weighted by atomic mass is 35.5. The van der Waals surface area contributed by atoms with Crippen LogP contribution in [0.2, 0.25) is 5.02 Å². The summed E-state index contributed by atoms with van der Waals surface area (Å²) in [7, 11) is -3.54. The van der Waals surface area contributed by atoms with Crippen molar-refractivity contribution in [2.24, 2.45) is 5.73 Å². The summed E-state index contributed by atoms with van der Waals surface area (Å²) in [6.07, 6.45) is 0.518. The van der Waals surface area contributed by atoms with Crippen molar-refractivity contribution in [2.75, 3.05) is 5.75 Å². The van der Waals surface area contributed by atoms with E-state index in [9.17, 15) is 18.5 Å². The van der Waals surface area contributed by atoms with E-state index in [1.165, 1.54) is 18.2 Å². The molecule has 0 heterocycles. The quantitative estimate of drug-likeness (QED) is 0.638. The summed E-state index contributed by atoms with van der Waals surface area (Å²) in [5.74, 6) is -0.692. The fraction of sp³-hybridized carbons (Fsp3) is 0.455. The second-order valence-electron chi connectivity index (χ2n) is 4.22. The highest BCUT2D eigenvalue weighted by molar-refractivity contribution is 7.90. The molecule has 0 bridgehead atoms. The molecule has 106 valence electrons. The fourth-order valence-corrected chi connectivity index (χ4v) is 3.65. The number of hydrogen-bond donors (Lipinski definition) is 1. The zero-order chi connectivity index (χ0) is 14.6. The Balaban J connectivity index is 3.09. The normalized spacial score (nSPS) is 13.2. The van der Waals surface area contributed by atoms with Crippen LogP contribution in [-0.4, -0.2) is 25.1 Å². The summed E-state index contributed by atoms with van der Waals surface area (Å²) in [6.45, 7) is 1.78. The lowest BCUT2D eigenvalue weighted by molar-refractivity contribution is -0.385. The van der Waals surface area contributed by atoms with Gasteiger partial charge in [0.05, 0.1) is 27.0 Å². The van der Waals surface area contributed by atoms with Gasteiger partial charge in [0.1, 0.15) is 0 Å². The van der Waals surface area contributed by atoms with E-state index >= 15 is 0 Å². The van der Waals surface area contributed by atoms with Gasteiger partial charge in [0.25, 0.3) is 5.69 Å². The van der Waals surface area contributed by atoms with Gasteiger partial charge in [0.15, 0.2) is 9.84 Å². The predicted molar refractivity (Wildman–Crippen MR) is 73.9 cm³/mol. The van der Waals surface area contributed by atoms with Crippen molar-refractivity contribution in [3.05, 3.63) is 38.9 Å². The van der Waals surface area contributed by atoms with Crippen LogP contribution >= 0.6 is 11.6 Å². The van der Waals surface area contributed by atoms with E-state index in [0.29, 0.717) is 6.42 Å². The lowest BCUT2D eigenvalue weighted by atomic mass is 10.2. The molecule has 0 aromatic heterocycles. The van der Waals surface area contributed by atoms with Gasteiger partial charge < -0.3 is 5.73 Å². The first-order valence-electron chi connectivity index (χ1n) is 5.64. The number of nitro groups is 1. The highest BCUT2D eigenvalue weighted by Crippen LogP contribution is 2.28. The number of nitro benzene ring substituents is 1. The van der Waals surface area contributed by atoms with Gasteiger partial charge in [0, 0.05) is 12.1 Å². The summed E-state index contributed by atoms with van der Waals surface area (Å²) in [5, 5.41) is 10.9. The first kappa shape index (κ1) is 15.9. The van der Waals surface area contributed by atoms with Crippen LogP contribution in [-0.2, 0) is 15.6 Å². The van der Waals surface area contributed by atoms with Gasteiger partial charge in [-0.1, -0.05) is 24.6 Å². The molecule has 6 nitrogen and oxygen atoms in total. The van der Waals surface area contributed by atoms with E-state index in [1.54, 1.807) is 6.92 Å². The molecule has 0 saturated heterocycles. The number of halogens is 1. The topological polar surface area (TPSA) is 103 Å². The van der Waals surface area contributed by atoms with Crippen LogP contribution < -0.4 is 5.73 Å². The van der Waals surface area contributed by atoms with E-state index in [2.05, 4.69) is 0 Å². The number of benzene rings is 1. The van der Waals surface area contributed by atoms with Gasteiger partial charge >= 0.3 is 0 Å². The molecular weight excluding hydrogens is 292 g/mol. The van der Waals surface area contributed by atoms with Crippen LogP contribution in [0.4, 0.5) is 5.69 Å². The van der Waals surface area contributed by atoms with Crippen molar-refractivity contribution in [1.82, 2.24) is 0 Å². The van der Waals surface area contributed by atoms with Gasteiger partial charge in [-0.15, -0.1) is 0 Å². The van der Waals surface area contributed by atoms with Crippen LogP contribution in [0.1, 0.15) is 18.9 Å². The summed E-state index contributed by atoms with van der Waals surface area (Å²) in [5.41, 5.74) is 5.32. The SMILES string of the molecule is CCC(N)CS(=O)(=O)Cc1c(Cl)cccc1[N+](=O)[O-]. The van der Waals surface area contributed by atoms with Crippen molar-refractivity contribution >= 4 is 27.1 Å². The van der Waals surface area contributed by atoms with Crippen molar-refractivity contribution in [3.8, 4) is 0 Å². The first-order chi connectivity index (χ1) is 8.76. The largest absolute Gasteiger partial charge is 0.327 e. The summed E-state index contributed by atoms with van der Waals surface area (Å²) >= 11 is 5.85. The molecule has 0 saturated carbocycles. The Morgan fingerprint density at radius 3 is 2.63 bits per heavy atom. The van der Waals surface area contributed by atoms with Crippen LogP contribution in [0, 0.1) is 10.1 Å². The molecule has 0 aliphatic carbocycles. The smallest absolute Gasteiger partial charge is 0.275 e. The summed E-state index contributed by atoms with van der Waals surface area (Å²) in [4.78, 5) is 10.2. The van der Waals surface area contributed by atoms with Crippen LogP contribution in [0.15, 0.2) is 18.2 Å². The summed E-state index contributed by atoms with van der Waals surface area (Å²) < 4.78 is 23.9.